The largest absolute Gasteiger partial charge is 0.481 e. The lowest BCUT2D eigenvalue weighted by Crippen LogP contribution is -2.49. The van der Waals surface area contributed by atoms with Crippen molar-refractivity contribution < 1.29 is 27.8 Å². The molecule has 1 heterocycles. The Morgan fingerprint density at radius 3 is 2.50 bits per heavy atom. The molecule has 7 heteroatoms. The summed E-state index contributed by atoms with van der Waals surface area (Å²) >= 11 is 0. The van der Waals surface area contributed by atoms with Crippen LogP contribution in [0.4, 0.5) is 13.2 Å². The van der Waals surface area contributed by atoms with E-state index in [9.17, 15) is 18.0 Å². The number of carboxylic acids is 1. The minimum Gasteiger partial charge on any atom is -0.481 e. The summed E-state index contributed by atoms with van der Waals surface area (Å²) in [5, 5.41) is 8.87. The van der Waals surface area contributed by atoms with Crippen molar-refractivity contribution in [2.45, 2.75) is 56.9 Å². The monoisotopic (exact) mass is 499 g/mol. The molecule has 4 nitrogen and oxygen atoms in total. The van der Waals surface area contributed by atoms with Crippen molar-refractivity contribution in [3.8, 4) is 0 Å². The smallest absolute Gasteiger partial charge is 0.422 e. The van der Waals surface area contributed by atoms with E-state index in [1.165, 1.54) is 12.2 Å². The molecule has 2 aromatic carbocycles. The number of hydrogen-bond acceptors (Lipinski definition) is 3. The third-order valence-electron chi connectivity index (χ3n) is 7.19. The van der Waals surface area contributed by atoms with Crippen molar-refractivity contribution in [2.24, 2.45) is 0 Å². The summed E-state index contributed by atoms with van der Waals surface area (Å²) < 4.78 is 49.4. The van der Waals surface area contributed by atoms with Gasteiger partial charge in [0.05, 0.1) is 13.0 Å². The highest BCUT2D eigenvalue weighted by Gasteiger charge is 2.58. The number of nitrogens with zero attached hydrogens (tertiary/aromatic N) is 1. The molecule has 1 aliphatic carbocycles. The second-order valence-corrected chi connectivity index (χ2v) is 9.70. The number of hydrogen-bond donors (Lipinski definition) is 1. The van der Waals surface area contributed by atoms with Gasteiger partial charge in [-0.3, -0.25) is 4.79 Å². The van der Waals surface area contributed by atoms with Gasteiger partial charge in [-0.05, 0) is 55.5 Å². The van der Waals surface area contributed by atoms with E-state index in [0.717, 1.165) is 37.1 Å². The molecule has 1 fully saturated rings. The molecule has 0 saturated carbocycles. The fourth-order valence-electron chi connectivity index (χ4n) is 5.11. The standard InChI is InChI=1S/C29H32F3NO3/c1-21-5-4-6-25(19-21)26-7-2-3-15-28(26,29(30,31)32)36-20-22-8-10-23(11-9-22)24-12-16-33(17-13-24)18-14-27(34)35/h2-11,19,24H,12-18,20H2,1H3,(H,34,35). The molecule has 1 unspecified atom stereocenters. The molecule has 0 radical (unpaired) electrons. The molecule has 1 aliphatic heterocycles. The highest BCUT2D eigenvalue weighted by Crippen LogP contribution is 2.48. The first kappa shape index (κ1) is 26.2. The van der Waals surface area contributed by atoms with E-state index in [1.807, 2.05) is 37.3 Å². The van der Waals surface area contributed by atoms with Gasteiger partial charge in [0, 0.05) is 18.5 Å². The number of aryl methyl sites for hydroxylation is 1. The molecular weight excluding hydrogens is 467 g/mol. The Balaban J connectivity index is 1.44. The molecule has 0 aromatic heterocycles. The number of benzene rings is 2. The van der Waals surface area contributed by atoms with Crippen LogP contribution in [-0.4, -0.2) is 47.4 Å². The maximum Gasteiger partial charge on any atom is 0.422 e. The predicted molar refractivity (Wildman–Crippen MR) is 134 cm³/mol. The molecule has 1 atom stereocenters. The first-order valence-corrected chi connectivity index (χ1v) is 12.4. The number of alkyl halides is 3. The first-order chi connectivity index (χ1) is 17.2. The van der Waals surface area contributed by atoms with Crippen LogP contribution in [0.15, 0.2) is 66.8 Å². The van der Waals surface area contributed by atoms with Gasteiger partial charge >= 0.3 is 12.1 Å². The van der Waals surface area contributed by atoms with Crippen LogP contribution in [0, 0.1) is 6.92 Å². The number of halogens is 3. The van der Waals surface area contributed by atoms with Gasteiger partial charge in [0.2, 0.25) is 0 Å². The maximum absolute atomic E-state index is 14.5. The van der Waals surface area contributed by atoms with E-state index in [2.05, 4.69) is 4.90 Å². The van der Waals surface area contributed by atoms with Crippen LogP contribution in [0.2, 0.25) is 0 Å². The minimum atomic E-state index is -4.58. The van der Waals surface area contributed by atoms with Crippen molar-refractivity contribution in [3.05, 3.63) is 89.0 Å². The number of rotatable bonds is 8. The van der Waals surface area contributed by atoms with Gasteiger partial charge in [-0.25, -0.2) is 0 Å². The van der Waals surface area contributed by atoms with Crippen molar-refractivity contribution in [1.82, 2.24) is 4.90 Å². The fraction of sp³-hybridized carbons (Fsp3) is 0.414. The van der Waals surface area contributed by atoms with Gasteiger partial charge in [0.15, 0.2) is 5.60 Å². The number of carbonyl (C=O) groups is 1. The Kier molecular flexibility index (Phi) is 8.00. The van der Waals surface area contributed by atoms with Crippen molar-refractivity contribution in [1.29, 1.82) is 0 Å². The van der Waals surface area contributed by atoms with Crippen molar-refractivity contribution >= 4 is 11.5 Å². The van der Waals surface area contributed by atoms with E-state index < -0.39 is 17.7 Å². The van der Waals surface area contributed by atoms with Crippen molar-refractivity contribution in [2.75, 3.05) is 19.6 Å². The summed E-state index contributed by atoms with van der Waals surface area (Å²) in [6.45, 7) is 3.97. The van der Waals surface area contributed by atoms with E-state index in [0.29, 0.717) is 23.6 Å². The van der Waals surface area contributed by atoms with Gasteiger partial charge in [-0.1, -0.05) is 72.3 Å². The molecule has 192 valence electrons. The lowest BCUT2D eigenvalue weighted by molar-refractivity contribution is -0.255. The number of piperidine rings is 1. The molecule has 2 aliphatic rings. The molecule has 4 rings (SSSR count). The fourth-order valence-corrected chi connectivity index (χ4v) is 5.11. The van der Waals surface area contributed by atoms with Crippen molar-refractivity contribution in [3.63, 3.8) is 0 Å². The molecule has 0 bridgehead atoms. The first-order valence-electron chi connectivity index (χ1n) is 12.4. The van der Waals surface area contributed by atoms with Gasteiger partial charge in [-0.15, -0.1) is 0 Å². The average Bonchev–Trinajstić information content (AvgIpc) is 2.86. The van der Waals surface area contributed by atoms with Crippen LogP contribution in [0.25, 0.3) is 5.57 Å². The van der Waals surface area contributed by atoms with Crippen LogP contribution in [0.1, 0.15) is 53.9 Å². The van der Waals surface area contributed by atoms with Gasteiger partial charge in [0.1, 0.15) is 0 Å². The summed E-state index contributed by atoms with van der Waals surface area (Å²) in [6, 6.07) is 14.7. The van der Waals surface area contributed by atoms with Gasteiger partial charge in [0.25, 0.3) is 0 Å². The summed E-state index contributed by atoms with van der Waals surface area (Å²) in [5.41, 5.74) is 0.982. The molecule has 36 heavy (non-hydrogen) atoms. The zero-order chi connectivity index (χ0) is 25.8. The van der Waals surface area contributed by atoms with Crippen LogP contribution in [-0.2, 0) is 16.1 Å². The summed E-state index contributed by atoms with van der Waals surface area (Å²) in [6.07, 6.45) is 1.85. The molecule has 0 amide bonds. The van der Waals surface area contributed by atoms with Gasteiger partial charge in [-0.2, -0.15) is 13.2 Å². The number of allylic oxidation sites excluding steroid dienone is 2. The lowest BCUT2D eigenvalue weighted by atomic mass is 9.81. The topological polar surface area (TPSA) is 49.8 Å². The van der Waals surface area contributed by atoms with E-state index in [-0.39, 0.29) is 25.0 Å². The SMILES string of the molecule is Cc1cccc(C2=CC=CCC2(OCc2ccc(C3CCN(CCC(=O)O)CC3)cc2)C(F)(F)F)c1. The van der Waals surface area contributed by atoms with E-state index in [4.69, 9.17) is 9.84 Å². The zero-order valence-electron chi connectivity index (χ0n) is 20.4. The Morgan fingerprint density at radius 2 is 1.86 bits per heavy atom. The highest BCUT2D eigenvalue weighted by molar-refractivity contribution is 5.76. The number of aliphatic carboxylic acids is 1. The summed E-state index contributed by atoms with van der Waals surface area (Å²) in [7, 11) is 0. The van der Waals surface area contributed by atoms with E-state index >= 15 is 0 Å². The lowest BCUT2D eigenvalue weighted by Gasteiger charge is -2.39. The second kappa shape index (κ2) is 11.0. The minimum absolute atomic E-state index is 0.132. The second-order valence-electron chi connectivity index (χ2n) is 9.70. The predicted octanol–water partition coefficient (Wildman–Crippen LogP) is 6.51. The van der Waals surface area contributed by atoms with Crippen LogP contribution in [0.5, 0.6) is 0 Å². The average molecular weight is 500 g/mol. The number of likely N-dealkylation sites (tertiary alicyclic amines) is 1. The molecule has 1 N–H and O–H groups in total. The number of ether oxygens (including phenoxy) is 1. The molecule has 1 saturated heterocycles. The third-order valence-corrected chi connectivity index (χ3v) is 7.19. The zero-order valence-corrected chi connectivity index (χ0v) is 20.4. The quantitative estimate of drug-likeness (QED) is 0.450. The highest BCUT2D eigenvalue weighted by atomic mass is 19.4. The van der Waals surface area contributed by atoms with Crippen LogP contribution in [0.3, 0.4) is 0 Å². The summed E-state index contributed by atoms with van der Waals surface area (Å²) in [4.78, 5) is 13.0. The Bertz CT molecular complexity index is 1120. The Hall–Kier alpha value is -2.90. The number of carboxylic acid groups (broad SMARTS) is 1. The van der Waals surface area contributed by atoms with E-state index in [1.54, 1.807) is 24.3 Å². The molecular formula is C29H32F3NO3. The Morgan fingerprint density at radius 1 is 1.14 bits per heavy atom. The maximum atomic E-state index is 14.5. The van der Waals surface area contributed by atoms with Crippen LogP contribution < -0.4 is 0 Å². The molecule has 0 spiro atoms. The normalized spacial score (nSPS) is 21.4. The van der Waals surface area contributed by atoms with Crippen LogP contribution >= 0.6 is 0 Å². The third kappa shape index (κ3) is 5.90. The summed E-state index contributed by atoms with van der Waals surface area (Å²) in [5.74, 6) is -0.421. The molecule has 2 aromatic rings. The Labute approximate surface area is 210 Å². The van der Waals surface area contributed by atoms with Gasteiger partial charge < -0.3 is 14.7 Å².